The predicted octanol–water partition coefficient (Wildman–Crippen LogP) is -0.821. The summed E-state index contributed by atoms with van der Waals surface area (Å²) in [4.78, 5) is 10.5. The summed E-state index contributed by atoms with van der Waals surface area (Å²) in [6.45, 7) is 1.46. The second-order valence-electron chi connectivity index (χ2n) is 1.59. The van der Waals surface area contributed by atoms with Gasteiger partial charge in [-0.2, -0.15) is 0 Å². The predicted molar refractivity (Wildman–Crippen MR) is 29.1 cm³/mol. The number of aromatic hydroxyl groups is 1. The molecule has 0 bridgehead atoms. The van der Waals surface area contributed by atoms with Crippen LogP contribution >= 0.6 is 0 Å². The minimum absolute atomic E-state index is 0.185. The summed E-state index contributed by atoms with van der Waals surface area (Å²) in [5.41, 5.74) is -0.229. The number of H-pyrrole nitrogens is 1. The molecule has 48 valence electrons. The molecule has 1 rings (SSSR count). The van der Waals surface area contributed by atoms with Gasteiger partial charge in [0, 0.05) is 0 Å². The van der Waals surface area contributed by atoms with E-state index in [0.717, 1.165) is 0 Å². The van der Waals surface area contributed by atoms with Gasteiger partial charge in [0.25, 0.3) is 5.56 Å². The quantitative estimate of drug-likeness (QED) is 0.477. The number of rotatable bonds is 0. The van der Waals surface area contributed by atoms with E-state index in [1.807, 2.05) is 0 Å². The van der Waals surface area contributed by atoms with E-state index >= 15 is 0 Å². The van der Waals surface area contributed by atoms with Gasteiger partial charge in [-0.25, -0.2) is 5.10 Å². The van der Waals surface area contributed by atoms with Gasteiger partial charge in [-0.15, -0.1) is 0 Å². The SMILES string of the molecule is Cc1c(O)nn[nH]c1=O. The first kappa shape index (κ1) is 5.74. The fourth-order valence-corrected chi connectivity index (χ4v) is 0.378. The molecule has 5 nitrogen and oxygen atoms in total. The van der Waals surface area contributed by atoms with Crippen molar-refractivity contribution in [1.82, 2.24) is 15.4 Å². The summed E-state index contributed by atoms with van der Waals surface area (Å²) in [5, 5.41) is 17.1. The maximum Gasteiger partial charge on any atom is 0.273 e. The van der Waals surface area contributed by atoms with Gasteiger partial charge < -0.3 is 5.11 Å². The highest BCUT2D eigenvalue weighted by Gasteiger charge is 1.98. The van der Waals surface area contributed by atoms with Crippen LogP contribution in [0.3, 0.4) is 0 Å². The fraction of sp³-hybridized carbons (Fsp3) is 0.250. The Bertz CT molecular complexity index is 267. The fourth-order valence-electron chi connectivity index (χ4n) is 0.378. The average Bonchev–Trinajstić information content (AvgIpc) is 1.83. The van der Waals surface area contributed by atoms with Crippen molar-refractivity contribution in [3.63, 3.8) is 0 Å². The Morgan fingerprint density at radius 3 is 2.78 bits per heavy atom. The molecule has 0 aliphatic carbocycles. The molecule has 0 saturated carbocycles. The zero-order valence-corrected chi connectivity index (χ0v) is 4.75. The van der Waals surface area contributed by atoms with E-state index in [1.165, 1.54) is 6.92 Å². The van der Waals surface area contributed by atoms with Crippen molar-refractivity contribution in [3.8, 4) is 5.88 Å². The molecule has 0 spiro atoms. The Kier molecular flexibility index (Phi) is 1.18. The van der Waals surface area contributed by atoms with Crippen LogP contribution in [0.15, 0.2) is 4.79 Å². The Labute approximate surface area is 50.3 Å². The minimum Gasteiger partial charge on any atom is -0.492 e. The van der Waals surface area contributed by atoms with Gasteiger partial charge in [0.2, 0.25) is 5.88 Å². The minimum atomic E-state index is -0.414. The molecule has 1 aromatic heterocycles. The molecule has 0 aliphatic heterocycles. The summed E-state index contributed by atoms with van der Waals surface area (Å²) < 4.78 is 0. The largest absolute Gasteiger partial charge is 0.492 e. The summed E-state index contributed by atoms with van der Waals surface area (Å²) in [6, 6.07) is 0. The molecule has 0 amide bonds. The second-order valence-corrected chi connectivity index (χ2v) is 1.59. The van der Waals surface area contributed by atoms with Crippen LogP contribution in [0.4, 0.5) is 0 Å². The van der Waals surface area contributed by atoms with Crippen molar-refractivity contribution in [2.24, 2.45) is 0 Å². The van der Waals surface area contributed by atoms with Crippen LogP contribution in [0.2, 0.25) is 0 Å². The highest BCUT2D eigenvalue weighted by Crippen LogP contribution is 2.00. The third kappa shape index (κ3) is 0.883. The van der Waals surface area contributed by atoms with Gasteiger partial charge in [0.05, 0.1) is 5.56 Å². The van der Waals surface area contributed by atoms with Crippen LogP contribution in [0.5, 0.6) is 5.88 Å². The van der Waals surface area contributed by atoms with Crippen molar-refractivity contribution in [1.29, 1.82) is 0 Å². The lowest BCUT2D eigenvalue weighted by Crippen LogP contribution is -2.11. The zero-order valence-electron chi connectivity index (χ0n) is 4.75. The van der Waals surface area contributed by atoms with Crippen molar-refractivity contribution >= 4 is 0 Å². The van der Waals surface area contributed by atoms with Crippen molar-refractivity contribution in [3.05, 3.63) is 15.9 Å². The summed E-state index contributed by atoms with van der Waals surface area (Å²) in [5.74, 6) is -0.321. The number of aromatic nitrogens is 3. The lowest BCUT2D eigenvalue weighted by atomic mass is 10.4. The van der Waals surface area contributed by atoms with Crippen LogP contribution in [0, 0.1) is 6.92 Å². The summed E-state index contributed by atoms with van der Waals surface area (Å²) in [7, 11) is 0. The Hall–Kier alpha value is -1.39. The molecule has 0 fully saturated rings. The molecule has 0 saturated heterocycles. The van der Waals surface area contributed by atoms with Crippen LogP contribution in [-0.4, -0.2) is 20.5 Å². The third-order valence-corrected chi connectivity index (χ3v) is 0.972. The van der Waals surface area contributed by atoms with Crippen molar-refractivity contribution in [2.45, 2.75) is 6.92 Å². The standard InChI is InChI=1S/C4H5N3O2/c1-2-3(8)5-7-6-4(2)9/h1H3,(H2,5,6,8,9). The molecule has 0 unspecified atom stereocenters. The number of nitrogens with zero attached hydrogens (tertiary/aromatic N) is 2. The van der Waals surface area contributed by atoms with E-state index in [9.17, 15) is 4.79 Å². The monoisotopic (exact) mass is 127 g/mol. The molecule has 2 N–H and O–H groups in total. The maximum absolute atomic E-state index is 10.5. The molecule has 1 aromatic rings. The molecule has 0 atom stereocenters. The zero-order chi connectivity index (χ0) is 6.85. The van der Waals surface area contributed by atoms with Crippen LogP contribution in [-0.2, 0) is 0 Å². The van der Waals surface area contributed by atoms with Crippen molar-refractivity contribution < 1.29 is 5.11 Å². The molecule has 0 aliphatic rings. The van der Waals surface area contributed by atoms with E-state index in [2.05, 4.69) is 15.4 Å². The smallest absolute Gasteiger partial charge is 0.273 e. The number of nitrogens with one attached hydrogen (secondary N) is 1. The number of hydrogen-bond acceptors (Lipinski definition) is 4. The Morgan fingerprint density at radius 2 is 2.33 bits per heavy atom. The van der Waals surface area contributed by atoms with Gasteiger partial charge in [-0.3, -0.25) is 4.79 Å². The van der Waals surface area contributed by atoms with Gasteiger partial charge in [0.15, 0.2) is 0 Å². The molecule has 0 aromatic carbocycles. The van der Waals surface area contributed by atoms with E-state index in [0.29, 0.717) is 0 Å². The van der Waals surface area contributed by atoms with Crippen LogP contribution in [0.25, 0.3) is 0 Å². The first-order valence-electron chi connectivity index (χ1n) is 2.32. The lowest BCUT2D eigenvalue weighted by Gasteiger charge is -1.89. The number of hydrogen-bond donors (Lipinski definition) is 2. The topological polar surface area (TPSA) is 78.9 Å². The van der Waals surface area contributed by atoms with E-state index < -0.39 is 5.56 Å². The van der Waals surface area contributed by atoms with Crippen LogP contribution in [0.1, 0.15) is 5.56 Å². The van der Waals surface area contributed by atoms with Crippen molar-refractivity contribution in [2.75, 3.05) is 0 Å². The molecule has 5 heteroatoms. The molecule has 1 heterocycles. The first-order valence-corrected chi connectivity index (χ1v) is 2.32. The van der Waals surface area contributed by atoms with Gasteiger partial charge >= 0.3 is 0 Å². The Balaban J connectivity index is 3.43. The van der Waals surface area contributed by atoms with E-state index in [4.69, 9.17) is 5.11 Å². The highest BCUT2D eigenvalue weighted by molar-refractivity contribution is 5.16. The molecule has 0 radical (unpaired) electrons. The normalized spacial score (nSPS) is 9.44. The maximum atomic E-state index is 10.5. The molecular formula is C4H5N3O2. The molecular weight excluding hydrogens is 122 g/mol. The third-order valence-electron chi connectivity index (χ3n) is 0.972. The van der Waals surface area contributed by atoms with Gasteiger partial charge in [0.1, 0.15) is 0 Å². The van der Waals surface area contributed by atoms with Crippen LogP contribution < -0.4 is 5.56 Å². The summed E-state index contributed by atoms with van der Waals surface area (Å²) >= 11 is 0. The first-order chi connectivity index (χ1) is 4.22. The number of aromatic amines is 1. The second kappa shape index (κ2) is 1.85. The lowest BCUT2D eigenvalue weighted by molar-refractivity contribution is 0.433. The Morgan fingerprint density at radius 1 is 1.67 bits per heavy atom. The molecule has 9 heavy (non-hydrogen) atoms. The highest BCUT2D eigenvalue weighted by atomic mass is 16.3. The summed E-state index contributed by atoms with van der Waals surface area (Å²) in [6.07, 6.45) is 0. The van der Waals surface area contributed by atoms with Gasteiger partial charge in [-0.1, -0.05) is 10.3 Å². The van der Waals surface area contributed by atoms with E-state index in [-0.39, 0.29) is 11.4 Å². The average molecular weight is 127 g/mol. The van der Waals surface area contributed by atoms with E-state index in [1.54, 1.807) is 0 Å². The van der Waals surface area contributed by atoms with Gasteiger partial charge in [-0.05, 0) is 6.92 Å².